The summed E-state index contributed by atoms with van der Waals surface area (Å²) in [5.41, 5.74) is 4.06. The van der Waals surface area contributed by atoms with Crippen molar-refractivity contribution in [2.75, 3.05) is 6.61 Å². The summed E-state index contributed by atoms with van der Waals surface area (Å²) in [4.78, 5) is 0. The van der Waals surface area contributed by atoms with E-state index in [9.17, 15) is 9.50 Å². The van der Waals surface area contributed by atoms with Gasteiger partial charge < -0.3 is 9.84 Å². The van der Waals surface area contributed by atoms with Crippen LogP contribution in [0.2, 0.25) is 0 Å². The van der Waals surface area contributed by atoms with E-state index in [-0.39, 0.29) is 5.82 Å². The molecule has 2 atom stereocenters. The highest BCUT2D eigenvalue weighted by Crippen LogP contribution is 2.39. The molecular weight excluding hydrogens is 267 g/mol. The number of benzene rings is 2. The van der Waals surface area contributed by atoms with Crippen molar-refractivity contribution in [1.82, 2.24) is 0 Å². The first kappa shape index (κ1) is 14.2. The number of hydrogen-bond donors (Lipinski definition) is 1. The Hall–Kier alpha value is -1.71. The fourth-order valence-electron chi connectivity index (χ4n) is 3.14. The van der Waals surface area contributed by atoms with Crippen molar-refractivity contribution in [3.8, 4) is 0 Å². The van der Waals surface area contributed by atoms with Gasteiger partial charge in [0.15, 0.2) is 0 Å². The monoisotopic (exact) mass is 286 g/mol. The van der Waals surface area contributed by atoms with Gasteiger partial charge in [-0.1, -0.05) is 30.3 Å². The van der Waals surface area contributed by atoms with E-state index in [4.69, 9.17) is 4.74 Å². The Kier molecular flexibility index (Phi) is 3.79. The zero-order valence-corrected chi connectivity index (χ0v) is 12.3. The van der Waals surface area contributed by atoms with Crippen LogP contribution in [0.3, 0.4) is 0 Å². The van der Waals surface area contributed by atoms with Crippen LogP contribution in [0.4, 0.5) is 4.39 Å². The second-order valence-electron chi connectivity index (χ2n) is 5.66. The molecule has 3 rings (SSSR count). The van der Waals surface area contributed by atoms with E-state index in [1.165, 1.54) is 6.07 Å². The van der Waals surface area contributed by atoms with Gasteiger partial charge in [-0.05, 0) is 48.6 Å². The minimum atomic E-state index is -0.993. The largest absolute Gasteiger partial charge is 0.385 e. The van der Waals surface area contributed by atoms with Crippen LogP contribution in [-0.4, -0.2) is 11.7 Å². The smallest absolute Gasteiger partial charge is 0.129 e. The molecule has 1 heterocycles. The van der Waals surface area contributed by atoms with Crippen LogP contribution in [0.5, 0.6) is 0 Å². The fraction of sp³-hybridized carbons (Fsp3) is 0.333. The Morgan fingerprint density at radius 2 is 2.00 bits per heavy atom. The molecule has 110 valence electrons. The van der Waals surface area contributed by atoms with Crippen LogP contribution >= 0.6 is 0 Å². The second-order valence-corrected chi connectivity index (χ2v) is 5.66. The summed E-state index contributed by atoms with van der Waals surface area (Å²) in [6.45, 7) is 4.22. The molecule has 2 unspecified atom stereocenters. The summed E-state index contributed by atoms with van der Waals surface area (Å²) < 4.78 is 20.0. The van der Waals surface area contributed by atoms with Crippen molar-refractivity contribution in [3.63, 3.8) is 0 Å². The maximum atomic E-state index is 14.3. The number of aryl methyl sites for hydroxylation is 2. The van der Waals surface area contributed by atoms with Crippen LogP contribution in [0.25, 0.3) is 0 Å². The average molecular weight is 286 g/mol. The van der Waals surface area contributed by atoms with Gasteiger partial charge in [0.2, 0.25) is 0 Å². The Morgan fingerprint density at radius 1 is 1.24 bits per heavy atom. The van der Waals surface area contributed by atoms with Gasteiger partial charge in [0.25, 0.3) is 0 Å². The standard InChI is InChI=1S/C18H19FO2/c1-11-9-12(2)16(15(19)10-11)17(20)18-14-6-4-3-5-13(14)7-8-21-18/h3-6,9-10,17-18,20H,7-8H2,1-2H3. The molecule has 1 N–H and O–H groups in total. The normalized spacial score (nSPS) is 19.1. The third-order valence-electron chi connectivity index (χ3n) is 4.09. The first-order valence-electron chi connectivity index (χ1n) is 7.22. The van der Waals surface area contributed by atoms with E-state index < -0.39 is 12.2 Å². The minimum Gasteiger partial charge on any atom is -0.385 e. The number of aliphatic hydroxyl groups excluding tert-OH is 1. The van der Waals surface area contributed by atoms with Crippen molar-refractivity contribution < 1.29 is 14.2 Å². The molecule has 21 heavy (non-hydrogen) atoms. The van der Waals surface area contributed by atoms with Crippen LogP contribution < -0.4 is 0 Å². The predicted molar refractivity (Wildman–Crippen MR) is 79.7 cm³/mol. The van der Waals surface area contributed by atoms with Crippen molar-refractivity contribution in [1.29, 1.82) is 0 Å². The van der Waals surface area contributed by atoms with Gasteiger partial charge in [-0.2, -0.15) is 0 Å². The highest BCUT2D eigenvalue weighted by Gasteiger charge is 2.31. The number of hydrogen-bond acceptors (Lipinski definition) is 2. The third-order valence-corrected chi connectivity index (χ3v) is 4.09. The van der Waals surface area contributed by atoms with Crippen molar-refractivity contribution in [2.45, 2.75) is 32.5 Å². The fourth-order valence-corrected chi connectivity index (χ4v) is 3.14. The lowest BCUT2D eigenvalue weighted by atomic mass is 9.89. The third kappa shape index (κ3) is 2.59. The molecule has 0 saturated carbocycles. The number of rotatable bonds is 2. The molecule has 2 aromatic rings. The quantitative estimate of drug-likeness (QED) is 0.910. The highest BCUT2D eigenvalue weighted by atomic mass is 19.1. The number of ether oxygens (including phenoxy) is 1. The zero-order chi connectivity index (χ0) is 15.0. The molecule has 0 bridgehead atoms. The molecule has 1 aliphatic rings. The first-order valence-corrected chi connectivity index (χ1v) is 7.22. The number of aliphatic hydroxyl groups is 1. The maximum Gasteiger partial charge on any atom is 0.129 e. The highest BCUT2D eigenvalue weighted by molar-refractivity contribution is 5.38. The van der Waals surface area contributed by atoms with Gasteiger partial charge in [-0.3, -0.25) is 0 Å². The summed E-state index contributed by atoms with van der Waals surface area (Å²) in [6.07, 6.45) is -0.674. The van der Waals surface area contributed by atoms with Crippen molar-refractivity contribution >= 4 is 0 Å². The van der Waals surface area contributed by atoms with Crippen molar-refractivity contribution in [3.05, 3.63) is 70.0 Å². The number of halogens is 1. The SMILES string of the molecule is Cc1cc(C)c(C(O)C2OCCc3ccccc32)c(F)c1. The second kappa shape index (κ2) is 5.58. The van der Waals surface area contributed by atoms with E-state index in [0.29, 0.717) is 12.2 Å². The van der Waals surface area contributed by atoms with E-state index in [0.717, 1.165) is 28.7 Å². The van der Waals surface area contributed by atoms with E-state index in [1.54, 1.807) is 0 Å². The summed E-state index contributed by atoms with van der Waals surface area (Å²) in [6, 6.07) is 11.2. The summed E-state index contributed by atoms with van der Waals surface area (Å²) in [5.74, 6) is -0.369. The lowest BCUT2D eigenvalue weighted by Gasteiger charge is -2.30. The summed E-state index contributed by atoms with van der Waals surface area (Å²) >= 11 is 0. The van der Waals surface area contributed by atoms with Gasteiger partial charge >= 0.3 is 0 Å². The molecule has 2 aromatic carbocycles. The minimum absolute atomic E-state index is 0.335. The van der Waals surface area contributed by atoms with Gasteiger partial charge in [-0.25, -0.2) is 4.39 Å². The van der Waals surface area contributed by atoms with Gasteiger partial charge in [0, 0.05) is 5.56 Å². The van der Waals surface area contributed by atoms with Crippen molar-refractivity contribution in [2.24, 2.45) is 0 Å². The summed E-state index contributed by atoms with van der Waals surface area (Å²) in [5, 5.41) is 10.7. The molecule has 0 radical (unpaired) electrons. The maximum absolute atomic E-state index is 14.3. The van der Waals surface area contributed by atoms with Crippen LogP contribution in [0.1, 0.15) is 40.0 Å². The molecule has 0 aromatic heterocycles. The first-order chi connectivity index (χ1) is 10.1. The van der Waals surface area contributed by atoms with Crippen LogP contribution in [0, 0.1) is 19.7 Å². The molecular formula is C18H19FO2. The van der Waals surface area contributed by atoms with Gasteiger partial charge in [0.05, 0.1) is 6.61 Å². The molecule has 2 nitrogen and oxygen atoms in total. The molecule has 0 saturated heterocycles. The van der Waals surface area contributed by atoms with E-state index >= 15 is 0 Å². The van der Waals surface area contributed by atoms with E-state index in [2.05, 4.69) is 0 Å². The van der Waals surface area contributed by atoms with Gasteiger partial charge in [-0.15, -0.1) is 0 Å². The molecule has 0 spiro atoms. The molecule has 3 heteroatoms. The van der Waals surface area contributed by atoms with Crippen LogP contribution in [0.15, 0.2) is 36.4 Å². The molecule has 1 aliphatic heterocycles. The lowest BCUT2D eigenvalue weighted by molar-refractivity contribution is -0.0498. The molecule has 0 amide bonds. The van der Waals surface area contributed by atoms with Gasteiger partial charge in [0.1, 0.15) is 18.0 Å². The zero-order valence-electron chi connectivity index (χ0n) is 12.3. The topological polar surface area (TPSA) is 29.5 Å². The van der Waals surface area contributed by atoms with Crippen LogP contribution in [-0.2, 0) is 11.2 Å². The Balaban J connectivity index is 2.03. The lowest BCUT2D eigenvalue weighted by Crippen LogP contribution is -2.23. The molecule has 0 aliphatic carbocycles. The predicted octanol–water partition coefficient (Wildman–Crippen LogP) is 3.79. The average Bonchev–Trinajstić information content (AvgIpc) is 2.45. The van der Waals surface area contributed by atoms with E-state index in [1.807, 2.05) is 44.2 Å². The Morgan fingerprint density at radius 3 is 2.76 bits per heavy atom. The summed E-state index contributed by atoms with van der Waals surface area (Å²) in [7, 11) is 0. The molecule has 0 fully saturated rings. The Labute approximate surface area is 124 Å². The number of fused-ring (bicyclic) bond motifs is 1. The Bertz CT molecular complexity index is 643.